The summed E-state index contributed by atoms with van der Waals surface area (Å²) in [6.07, 6.45) is 6.89. The van der Waals surface area contributed by atoms with Crippen molar-refractivity contribution >= 4 is 51.5 Å². The third kappa shape index (κ3) is 4.89. The molecule has 1 aliphatic heterocycles. The van der Waals surface area contributed by atoms with Crippen molar-refractivity contribution in [2.24, 2.45) is 5.92 Å². The van der Waals surface area contributed by atoms with Gasteiger partial charge in [-0.15, -0.1) is 17.9 Å². The molecule has 6 nitrogen and oxygen atoms in total. The third-order valence-electron chi connectivity index (χ3n) is 5.12. The molecule has 3 aromatic rings. The van der Waals surface area contributed by atoms with Crippen LogP contribution in [0.2, 0.25) is 10.0 Å². The van der Waals surface area contributed by atoms with Gasteiger partial charge in [-0.2, -0.15) is 0 Å². The van der Waals surface area contributed by atoms with E-state index in [1.54, 1.807) is 41.6 Å². The molecule has 160 valence electrons. The van der Waals surface area contributed by atoms with Crippen molar-refractivity contribution in [3.8, 4) is 11.3 Å². The number of halogens is 2. The molecule has 1 aromatic carbocycles. The highest BCUT2D eigenvalue weighted by Crippen LogP contribution is 2.33. The molecule has 2 aromatic heterocycles. The molecular weight excluding hydrogens is 453 g/mol. The maximum Gasteiger partial charge on any atom is 0.233 e. The summed E-state index contributed by atoms with van der Waals surface area (Å²) in [5, 5.41) is 3.52. The second-order valence-corrected chi connectivity index (χ2v) is 8.87. The van der Waals surface area contributed by atoms with Crippen LogP contribution in [-0.2, 0) is 4.79 Å². The monoisotopic (exact) mass is 473 g/mol. The Labute approximate surface area is 195 Å². The first-order valence-electron chi connectivity index (χ1n) is 9.92. The highest BCUT2D eigenvalue weighted by molar-refractivity contribution is 7.14. The van der Waals surface area contributed by atoms with E-state index in [1.165, 1.54) is 11.3 Å². The Morgan fingerprint density at radius 2 is 2.10 bits per heavy atom. The van der Waals surface area contributed by atoms with E-state index in [4.69, 9.17) is 28.2 Å². The molecule has 0 spiro atoms. The van der Waals surface area contributed by atoms with E-state index in [-0.39, 0.29) is 11.8 Å². The smallest absolute Gasteiger partial charge is 0.233 e. The molecule has 1 saturated heterocycles. The van der Waals surface area contributed by atoms with Gasteiger partial charge in [0.2, 0.25) is 11.9 Å². The fourth-order valence-corrected chi connectivity index (χ4v) is 4.75. The number of hydrogen-bond acceptors (Lipinski definition) is 6. The lowest BCUT2D eigenvalue weighted by molar-refractivity contribution is -0.122. The van der Waals surface area contributed by atoms with Crippen molar-refractivity contribution in [1.29, 1.82) is 0 Å². The van der Waals surface area contributed by atoms with E-state index in [1.807, 2.05) is 11.4 Å². The number of thiazole rings is 1. The summed E-state index contributed by atoms with van der Waals surface area (Å²) in [5.41, 5.74) is 1.61. The second kappa shape index (κ2) is 9.77. The molecule has 1 fully saturated rings. The largest absolute Gasteiger partial charge is 0.340 e. The molecule has 9 heteroatoms. The first kappa shape index (κ1) is 21.7. The average Bonchev–Trinajstić information content (AvgIpc) is 3.29. The Morgan fingerprint density at radius 3 is 2.84 bits per heavy atom. The Morgan fingerprint density at radius 1 is 1.29 bits per heavy atom. The van der Waals surface area contributed by atoms with Crippen LogP contribution in [0.25, 0.3) is 11.3 Å². The minimum absolute atomic E-state index is 0.0376. The minimum atomic E-state index is -0.158. The van der Waals surface area contributed by atoms with Gasteiger partial charge in [0, 0.05) is 43.0 Å². The predicted octanol–water partition coefficient (Wildman–Crippen LogP) is 5.34. The summed E-state index contributed by atoms with van der Waals surface area (Å²) < 4.78 is 0. The zero-order chi connectivity index (χ0) is 21.8. The van der Waals surface area contributed by atoms with Crippen LogP contribution in [0.4, 0.5) is 11.1 Å². The van der Waals surface area contributed by atoms with Gasteiger partial charge in [0.1, 0.15) is 0 Å². The SMILES string of the molecule is C=CCN(C(=O)C1CCCN(c2ncccn2)C1)c1nc(-c2ccc(Cl)c(Cl)c2)cs1. The Bertz CT molecular complexity index is 1070. The summed E-state index contributed by atoms with van der Waals surface area (Å²) >= 11 is 13.6. The molecule has 0 N–H and O–H groups in total. The van der Waals surface area contributed by atoms with Crippen LogP contribution in [0, 0.1) is 5.92 Å². The zero-order valence-corrected chi connectivity index (χ0v) is 19.1. The lowest BCUT2D eigenvalue weighted by atomic mass is 9.97. The fourth-order valence-electron chi connectivity index (χ4n) is 3.60. The number of hydrogen-bond donors (Lipinski definition) is 0. The van der Waals surface area contributed by atoms with Gasteiger partial charge in [0.05, 0.1) is 21.7 Å². The number of rotatable bonds is 6. The number of benzene rings is 1. The molecule has 0 radical (unpaired) electrons. The maximum absolute atomic E-state index is 13.4. The van der Waals surface area contributed by atoms with Gasteiger partial charge in [-0.3, -0.25) is 9.69 Å². The molecule has 1 atom stereocenters. The molecule has 3 heterocycles. The predicted molar refractivity (Wildman–Crippen MR) is 127 cm³/mol. The van der Waals surface area contributed by atoms with E-state index in [0.717, 1.165) is 30.6 Å². The second-order valence-electron chi connectivity index (χ2n) is 7.22. The van der Waals surface area contributed by atoms with E-state index in [9.17, 15) is 4.79 Å². The standard InChI is InChI=1S/C22H21Cl2N5OS/c1-2-10-29(22-27-19(14-31-22)15-6-7-17(23)18(24)12-15)20(30)16-5-3-11-28(13-16)21-25-8-4-9-26-21/h2,4,6-9,12,14,16H,1,3,5,10-11,13H2. The number of anilines is 2. The highest BCUT2D eigenvalue weighted by atomic mass is 35.5. The molecule has 31 heavy (non-hydrogen) atoms. The van der Waals surface area contributed by atoms with Gasteiger partial charge < -0.3 is 4.90 Å². The summed E-state index contributed by atoms with van der Waals surface area (Å²) in [6.45, 7) is 5.64. The number of carbonyl (C=O) groups is 1. The summed E-state index contributed by atoms with van der Waals surface area (Å²) in [4.78, 5) is 30.6. The zero-order valence-electron chi connectivity index (χ0n) is 16.7. The third-order valence-corrected chi connectivity index (χ3v) is 6.72. The normalized spacial score (nSPS) is 16.2. The van der Waals surface area contributed by atoms with Gasteiger partial charge >= 0.3 is 0 Å². The van der Waals surface area contributed by atoms with Crippen molar-refractivity contribution in [1.82, 2.24) is 15.0 Å². The van der Waals surface area contributed by atoms with E-state index in [0.29, 0.717) is 34.2 Å². The lowest BCUT2D eigenvalue weighted by Crippen LogP contribution is -2.45. The van der Waals surface area contributed by atoms with Crippen molar-refractivity contribution in [2.45, 2.75) is 12.8 Å². The van der Waals surface area contributed by atoms with E-state index >= 15 is 0 Å². The summed E-state index contributed by atoms with van der Waals surface area (Å²) in [5.74, 6) is 0.539. The van der Waals surface area contributed by atoms with Gasteiger partial charge in [-0.1, -0.05) is 35.3 Å². The topological polar surface area (TPSA) is 62.2 Å². The van der Waals surface area contributed by atoms with Crippen LogP contribution in [0.15, 0.2) is 54.7 Å². The first-order valence-corrected chi connectivity index (χ1v) is 11.6. The average molecular weight is 474 g/mol. The number of piperidine rings is 1. The van der Waals surface area contributed by atoms with Crippen LogP contribution in [0.3, 0.4) is 0 Å². The number of aromatic nitrogens is 3. The number of carbonyl (C=O) groups excluding carboxylic acids is 1. The molecule has 0 aliphatic carbocycles. The van der Waals surface area contributed by atoms with Crippen LogP contribution < -0.4 is 9.80 Å². The molecule has 0 saturated carbocycles. The first-order chi connectivity index (χ1) is 15.1. The fraction of sp³-hybridized carbons (Fsp3) is 0.273. The van der Waals surface area contributed by atoms with Gasteiger partial charge in [-0.05, 0) is 31.0 Å². The van der Waals surface area contributed by atoms with E-state index < -0.39 is 0 Å². The molecule has 0 bridgehead atoms. The molecule has 1 aliphatic rings. The van der Waals surface area contributed by atoms with Gasteiger partial charge in [0.15, 0.2) is 5.13 Å². The van der Waals surface area contributed by atoms with Gasteiger partial charge in [0.25, 0.3) is 0 Å². The van der Waals surface area contributed by atoms with Crippen LogP contribution >= 0.6 is 34.5 Å². The van der Waals surface area contributed by atoms with Crippen molar-refractivity contribution in [3.05, 3.63) is 64.7 Å². The van der Waals surface area contributed by atoms with Crippen LogP contribution in [0.5, 0.6) is 0 Å². The Balaban J connectivity index is 1.54. The lowest BCUT2D eigenvalue weighted by Gasteiger charge is -2.34. The Kier molecular flexibility index (Phi) is 6.85. The van der Waals surface area contributed by atoms with E-state index in [2.05, 4.69) is 21.4 Å². The molecule has 1 amide bonds. The van der Waals surface area contributed by atoms with Crippen molar-refractivity contribution in [3.63, 3.8) is 0 Å². The highest BCUT2D eigenvalue weighted by Gasteiger charge is 2.31. The van der Waals surface area contributed by atoms with Crippen molar-refractivity contribution < 1.29 is 4.79 Å². The molecule has 4 rings (SSSR count). The molecule has 1 unspecified atom stereocenters. The number of nitrogens with zero attached hydrogens (tertiary/aromatic N) is 5. The van der Waals surface area contributed by atoms with Gasteiger partial charge in [-0.25, -0.2) is 15.0 Å². The van der Waals surface area contributed by atoms with Crippen LogP contribution in [-0.4, -0.2) is 40.5 Å². The molecular formula is C22H21Cl2N5OS. The summed E-state index contributed by atoms with van der Waals surface area (Å²) in [6, 6.07) is 7.18. The Hall–Kier alpha value is -2.48. The quantitative estimate of drug-likeness (QED) is 0.451. The summed E-state index contributed by atoms with van der Waals surface area (Å²) in [7, 11) is 0. The van der Waals surface area contributed by atoms with Crippen LogP contribution in [0.1, 0.15) is 12.8 Å². The van der Waals surface area contributed by atoms with Crippen molar-refractivity contribution in [2.75, 3.05) is 29.4 Å². The maximum atomic E-state index is 13.4. The number of amides is 1. The minimum Gasteiger partial charge on any atom is -0.340 e.